The van der Waals surface area contributed by atoms with Crippen molar-refractivity contribution in [1.82, 2.24) is 5.32 Å². The largest absolute Gasteiger partial charge is 0.497 e. The molecule has 1 N–H and O–H groups in total. The van der Waals surface area contributed by atoms with Gasteiger partial charge in [-0.2, -0.15) is 0 Å². The zero-order valence-corrected chi connectivity index (χ0v) is 13.5. The second-order valence-corrected chi connectivity index (χ2v) is 5.94. The molecule has 0 bridgehead atoms. The first kappa shape index (κ1) is 17.9. The molecule has 0 aliphatic rings. The maximum Gasteiger partial charge on any atom is 0.282 e. The fourth-order valence-electron chi connectivity index (χ4n) is 2.01. The second kappa shape index (κ2) is 7.22. The van der Waals surface area contributed by atoms with Crippen molar-refractivity contribution in [3.05, 3.63) is 33.9 Å². The minimum absolute atomic E-state index is 0.0342. The molecule has 0 fully saturated rings. The van der Waals surface area contributed by atoms with Gasteiger partial charge in [-0.25, -0.2) is 0 Å². The van der Waals surface area contributed by atoms with Crippen molar-refractivity contribution in [3.63, 3.8) is 0 Å². The third kappa shape index (κ3) is 4.42. The Hall–Kier alpha value is -2.15. The number of methoxy groups -OCH3 is 2. The van der Waals surface area contributed by atoms with Gasteiger partial charge in [-0.3, -0.25) is 14.9 Å². The van der Waals surface area contributed by atoms with E-state index in [4.69, 9.17) is 9.47 Å². The summed E-state index contributed by atoms with van der Waals surface area (Å²) in [7, 11) is 3.00. The van der Waals surface area contributed by atoms with Gasteiger partial charge < -0.3 is 14.8 Å². The van der Waals surface area contributed by atoms with E-state index < -0.39 is 10.8 Å². The lowest BCUT2D eigenvalue weighted by atomic mass is 9.89. The Kier molecular flexibility index (Phi) is 5.87. The molecule has 0 aliphatic carbocycles. The zero-order chi connectivity index (χ0) is 16.9. The van der Waals surface area contributed by atoms with Crippen LogP contribution in [0.4, 0.5) is 5.69 Å². The van der Waals surface area contributed by atoms with Gasteiger partial charge in [-0.1, -0.05) is 20.8 Å². The van der Waals surface area contributed by atoms with E-state index in [1.54, 1.807) is 7.11 Å². The van der Waals surface area contributed by atoms with Crippen LogP contribution in [0, 0.1) is 15.5 Å². The van der Waals surface area contributed by atoms with E-state index in [-0.39, 0.29) is 29.3 Å². The van der Waals surface area contributed by atoms with E-state index in [0.29, 0.717) is 5.75 Å². The van der Waals surface area contributed by atoms with Gasteiger partial charge in [0.2, 0.25) is 0 Å². The smallest absolute Gasteiger partial charge is 0.282 e. The van der Waals surface area contributed by atoms with Gasteiger partial charge in [-0.05, 0) is 17.5 Å². The van der Waals surface area contributed by atoms with E-state index in [9.17, 15) is 14.9 Å². The summed E-state index contributed by atoms with van der Waals surface area (Å²) in [4.78, 5) is 22.7. The normalized spacial score (nSPS) is 12.6. The molecule has 0 saturated heterocycles. The lowest BCUT2D eigenvalue weighted by Gasteiger charge is -2.29. The fourth-order valence-corrected chi connectivity index (χ4v) is 2.01. The number of rotatable bonds is 6. The zero-order valence-electron chi connectivity index (χ0n) is 13.5. The number of benzene rings is 1. The van der Waals surface area contributed by atoms with Crippen molar-refractivity contribution in [1.29, 1.82) is 0 Å². The van der Waals surface area contributed by atoms with E-state index in [1.807, 2.05) is 20.8 Å². The van der Waals surface area contributed by atoms with Gasteiger partial charge in [0.05, 0.1) is 18.1 Å². The van der Waals surface area contributed by atoms with Crippen LogP contribution in [-0.4, -0.2) is 37.7 Å². The highest BCUT2D eigenvalue weighted by atomic mass is 16.6. The summed E-state index contributed by atoms with van der Waals surface area (Å²) in [6.07, 6.45) is -0.207. The Morgan fingerprint density at radius 3 is 2.45 bits per heavy atom. The predicted molar refractivity (Wildman–Crippen MR) is 82.2 cm³/mol. The molecule has 0 heterocycles. The average molecular weight is 310 g/mol. The number of carbonyl (C=O) groups is 1. The van der Waals surface area contributed by atoms with Crippen molar-refractivity contribution in [2.24, 2.45) is 5.41 Å². The molecule has 1 atom stereocenters. The highest BCUT2D eigenvalue weighted by molar-refractivity contribution is 5.98. The van der Waals surface area contributed by atoms with E-state index in [1.165, 1.54) is 25.3 Å². The summed E-state index contributed by atoms with van der Waals surface area (Å²) in [6, 6.07) is 4.06. The molecule has 1 rings (SSSR count). The van der Waals surface area contributed by atoms with Crippen molar-refractivity contribution in [2.75, 3.05) is 20.8 Å². The molecule has 22 heavy (non-hydrogen) atoms. The van der Waals surface area contributed by atoms with Crippen LogP contribution < -0.4 is 10.1 Å². The summed E-state index contributed by atoms with van der Waals surface area (Å²) >= 11 is 0. The van der Waals surface area contributed by atoms with Crippen LogP contribution in [0.3, 0.4) is 0 Å². The van der Waals surface area contributed by atoms with Gasteiger partial charge in [-0.15, -0.1) is 0 Å². The molecule has 0 aromatic heterocycles. The van der Waals surface area contributed by atoms with Gasteiger partial charge >= 0.3 is 0 Å². The molecule has 0 aliphatic heterocycles. The first-order valence-electron chi connectivity index (χ1n) is 6.84. The summed E-state index contributed by atoms with van der Waals surface area (Å²) in [6.45, 7) is 6.22. The van der Waals surface area contributed by atoms with Gasteiger partial charge in [0.1, 0.15) is 11.3 Å². The standard InChI is InChI=1S/C15H22N2O5/c1-15(2,3)13(22-5)9-16-14(18)11-8-10(21-4)6-7-12(11)17(19)20/h6-8,13H,9H2,1-5H3,(H,16,18)/t13-/m0/s1. The van der Waals surface area contributed by atoms with Crippen LogP contribution in [0.5, 0.6) is 5.75 Å². The number of nitrogens with zero attached hydrogens (tertiary/aromatic N) is 1. The Labute approximate surface area is 129 Å². The maximum atomic E-state index is 12.3. The minimum Gasteiger partial charge on any atom is -0.497 e. The lowest BCUT2D eigenvalue weighted by Crippen LogP contribution is -2.40. The molecule has 7 nitrogen and oxygen atoms in total. The second-order valence-electron chi connectivity index (χ2n) is 5.94. The number of ether oxygens (including phenoxy) is 2. The van der Waals surface area contributed by atoms with E-state index in [0.717, 1.165) is 0 Å². The van der Waals surface area contributed by atoms with Gasteiger partial charge in [0.25, 0.3) is 11.6 Å². The van der Waals surface area contributed by atoms with Crippen LogP contribution in [0.25, 0.3) is 0 Å². The molecule has 0 radical (unpaired) electrons. The third-order valence-electron chi connectivity index (χ3n) is 3.34. The molecule has 1 aromatic carbocycles. The third-order valence-corrected chi connectivity index (χ3v) is 3.34. The molecule has 0 spiro atoms. The average Bonchev–Trinajstić information content (AvgIpc) is 2.45. The summed E-state index contributed by atoms with van der Waals surface area (Å²) in [5, 5.41) is 13.7. The number of amides is 1. The first-order valence-corrected chi connectivity index (χ1v) is 6.84. The quantitative estimate of drug-likeness (QED) is 0.643. The molecule has 1 amide bonds. The Morgan fingerprint density at radius 2 is 2.00 bits per heavy atom. The number of nitrogens with one attached hydrogen (secondary N) is 1. The Bertz CT molecular complexity index is 551. The Morgan fingerprint density at radius 1 is 1.36 bits per heavy atom. The topological polar surface area (TPSA) is 90.7 Å². The molecular formula is C15H22N2O5. The monoisotopic (exact) mass is 310 g/mol. The first-order chi connectivity index (χ1) is 10.2. The molecule has 0 unspecified atom stereocenters. The summed E-state index contributed by atoms with van der Waals surface area (Å²) in [5.74, 6) is -0.147. The van der Waals surface area contributed by atoms with Crippen LogP contribution in [0.2, 0.25) is 0 Å². The van der Waals surface area contributed by atoms with Crippen LogP contribution in [0.15, 0.2) is 18.2 Å². The number of hydrogen-bond donors (Lipinski definition) is 1. The molecule has 122 valence electrons. The van der Waals surface area contributed by atoms with Gasteiger partial charge in [0, 0.05) is 19.7 Å². The van der Waals surface area contributed by atoms with E-state index >= 15 is 0 Å². The van der Waals surface area contributed by atoms with E-state index in [2.05, 4.69) is 5.32 Å². The van der Waals surface area contributed by atoms with Crippen LogP contribution >= 0.6 is 0 Å². The molecule has 7 heteroatoms. The van der Waals surface area contributed by atoms with Crippen molar-refractivity contribution in [2.45, 2.75) is 26.9 Å². The molecule has 1 aromatic rings. The van der Waals surface area contributed by atoms with Crippen molar-refractivity contribution >= 4 is 11.6 Å². The van der Waals surface area contributed by atoms with Crippen molar-refractivity contribution < 1.29 is 19.2 Å². The summed E-state index contributed by atoms with van der Waals surface area (Å²) in [5.41, 5.74) is -0.460. The Balaban J connectivity index is 2.95. The number of hydrogen-bond acceptors (Lipinski definition) is 5. The highest BCUT2D eigenvalue weighted by Gasteiger charge is 2.26. The maximum absolute atomic E-state index is 12.3. The summed E-state index contributed by atoms with van der Waals surface area (Å²) < 4.78 is 10.4. The number of carbonyl (C=O) groups excluding carboxylic acids is 1. The molecular weight excluding hydrogens is 288 g/mol. The van der Waals surface area contributed by atoms with Crippen LogP contribution in [0.1, 0.15) is 31.1 Å². The van der Waals surface area contributed by atoms with Crippen LogP contribution in [-0.2, 0) is 4.74 Å². The SMILES string of the molecule is COc1ccc([N+](=O)[O-])c(C(=O)NC[C@H](OC)C(C)(C)C)c1. The number of nitro groups is 1. The minimum atomic E-state index is -0.591. The lowest BCUT2D eigenvalue weighted by molar-refractivity contribution is -0.385. The number of nitro benzene ring substituents is 1. The van der Waals surface area contributed by atoms with Crippen molar-refractivity contribution in [3.8, 4) is 5.75 Å². The predicted octanol–water partition coefficient (Wildman–Crippen LogP) is 2.39. The molecule has 0 saturated carbocycles. The van der Waals surface area contributed by atoms with Gasteiger partial charge in [0.15, 0.2) is 0 Å². The fraction of sp³-hybridized carbons (Fsp3) is 0.533. The highest BCUT2D eigenvalue weighted by Crippen LogP contribution is 2.25.